The monoisotopic (exact) mass is 646 g/mol. The number of aromatic nitrogens is 4. The van der Waals surface area contributed by atoms with Crippen LogP contribution < -0.4 is 15.3 Å². The molecule has 44 heavy (non-hydrogen) atoms. The number of nitrogens with zero attached hydrogens (tertiary/aromatic N) is 6. The molecule has 0 bridgehead atoms. The van der Waals surface area contributed by atoms with Crippen LogP contribution in [0.5, 0.6) is 6.01 Å². The Kier molecular flexibility index (Phi) is 8.40. The Morgan fingerprint density at radius 1 is 1.16 bits per heavy atom. The summed E-state index contributed by atoms with van der Waals surface area (Å²) in [6, 6.07) is 3.59. The van der Waals surface area contributed by atoms with E-state index in [1.54, 1.807) is 35.1 Å². The van der Waals surface area contributed by atoms with Crippen molar-refractivity contribution >= 4 is 45.3 Å². The van der Waals surface area contributed by atoms with Gasteiger partial charge in [-0.3, -0.25) is 9.36 Å². The molecule has 0 saturated carbocycles. The van der Waals surface area contributed by atoms with Gasteiger partial charge in [-0.1, -0.05) is 12.7 Å². The molecule has 4 atom stereocenters. The maximum Gasteiger partial charge on any atom is 0.416 e. The molecular formula is C30H33F3N6O3S2. The van der Waals surface area contributed by atoms with Gasteiger partial charge in [0.2, 0.25) is 5.91 Å². The van der Waals surface area contributed by atoms with Crippen molar-refractivity contribution in [2.24, 2.45) is 0 Å². The molecule has 3 aliphatic rings. The van der Waals surface area contributed by atoms with Crippen molar-refractivity contribution in [3.05, 3.63) is 70.3 Å². The summed E-state index contributed by atoms with van der Waals surface area (Å²) in [5.74, 6) is 2.04. The molecule has 2 aromatic heterocycles. The molecular weight excluding hydrogens is 613 g/mol. The van der Waals surface area contributed by atoms with Gasteiger partial charge in [-0.15, -0.1) is 0 Å². The van der Waals surface area contributed by atoms with Gasteiger partial charge in [0.15, 0.2) is 0 Å². The maximum atomic E-state index is 14.5. The van der Waals surface area contributed by atoms with Crippen molar-refractivity contribution in [1.29, 1.82) is 0 Å². The molecule has 14 heteroatoms. The molecule has 6 rings (SSSR count). The second kappa shape index (κ2) is 12.1. The summed E-state index contributed by atoms with van der Waals surface area (Å²) in [5.41, 5.74) is -0.881. The predicted molar refractivity (Wildman–Crippen MR) is 168 cm³/mol. The lowest BCUT2D eigenvalue weighted by Crippen LogP contribution is -2.58. The van der Waals surface area contributed by atoms with Crippen molar-refractivity contribution in [1.82, 2.24) is 24.4 Å². The van der Waals surface area contributed by atoms with Gasteiger partial charge in [0.05, 0.1) is 17.6 Å². The molecule has 5 heterocycles. The molecule has 0 aliphatic carbocycles. The molecule has 1 saturated heterocycles. The number of carbonyl (C=O) groups is 1. The fourth-order valence-electron chi connectivity index (χ4n) is 6.36. The quantitative estimate of drug-likeness (QED) is 0.316. The van der Waals surface area contributed by atoms with Gasteiger partial charge in [-0.2, -0.15) is 40.8 Å². The summed E-state index contributed by atoms with van der Waals surface area (Å²) in [5, 5.41) is 0.271. The first-order valence-corrected chi connectivity index (χ1v) is 17.1. The number of thioether (sulfide) groups is 1. The summed E-state index contributed by atoms with van der Waals surface area (Å²) in [4.78, 5) is 44.3. The highest BCUT2D eigenvalue weighted by Gasteiger charge is 2.38. The number of thiol groups is 1. The van der Waals surface area contributed by atoms with Crippen LogP contribution in [0, 0.1) is 0 Å². The van der Waals surface area contributed by atoms with Crippen molar-refractivity contribution in [3.63, 3.8) is 0 Å². The number of carbonyl (C=O) groups excluding carboxylic acids is 1. The van der Waals surface area contributed by atoms with Crippen LogP contribution in [0.4, 0.5) is 19.0 Å². The molecule has 1 fully saturated rings. The zero-order valence-corrected chi connectivity index (χ0v) is 26.0. The second-order valence-corrected chi connectivity index (χ2v) is 14.6. The van der Waals surface area contributed by atoms with Crippen LogP contribution >= 0.6 is 22.7 Å². The highest BCUT2D eigenvalue weighted by molar-refractivity contribution is 8.20. The SMILES string of the molecule is C=CC(=O)N1[C@H](C)CN(c2nc(=O)n3c4c(cc(C(F)(F)F)cc24)[SH](C2=CCSCC2)C[C@@H](Oc2ncccn2)C3)C[C@@H]1C. The third kappa shape index (κ3) is 5.81. The van der Waals surface area contributed by atoms with E-state index in [0.717, 1.165) is 28.9 Å². The number of benzene rings is 1. The number of allylic oxidation sites excluding steroid dienone is 1. The Hall–Kier alpha value is -3.52. The van der Waals surface area contributed by atoms with Crippen LogP contribution in [0.3, 0.4) is 0 Å². The van der Waals surface area contributed by atoms with Crippen LogP contribution in [0.15, 0.2) is 63.9 Å². The van der Waals surface area contributed by atoms with Crippen LogP contribution in [0.1, 0.15) is 25.8 Å². The Morgan fingerprint density at radius 2 is 1.89 bits per heavy atom. The van der Waals surface area contributed by atoms with E-state index in [1.807, 2.05) is 18.7 Å². The maximum absolute atomic E-state index is 14.5. The Morgan fingerprint density at radius 3 is 2.52 bits per heavy atom. The van der Waals surface area contributed by atoms with Crippen LogP contribution in [0.25, 0.3) is 10.9 Å². The molecule has 234 valence electrons. The predicted octanol–water partition coefficient (Wildman–Crippen LogP) is 4.66. The van der Waals surface area contributed by atoms with E-state index in [2.05, 4.69) is 27.6 Å². The molecule has 1 amide bonds. The molecule has 3 aliphatic heterocycles. The Balaban J connectivity index is 1.55. The van der Waals surface area contributed by atoms with Gasteiger partial charge < -0.3 is 14.5 Å². The smallest absolute Gasteiger partial charge is 0.416 e. The van der Waals surface area contributed by atoms with E-state index in [0.29, 0.717) is 29.3 Å². The first-order chi connectivity index (χ1) is 21.0. The van der Waals surface area contributed by atoms with Gasteiger partial charge >= 0.3 is 17.9 Å². The highest BCUT2D eigenvalue weighted by atomic mass is 32.2. The van der Waals surface area contributed by atoms with Crippen LogP contribution in [-0.4, -0.2) is 78.9 Å². The minimum Gasteiger partial charge on any atom is -0.457 e. The molecule has 1 unspecified atom stereocenters. The normalized spacial score (nSPS) is 24.9. The van der Waals surface area contributed by atoms with E-state index in [9.17, 15) is 22.8 Å². The van der Waals surface area contributed by atoms with E-state index < -0.39 is 34.4 Å². The number of piperazine rings is 1. The minimum absolute atomic E-state index is 0.0918. The van der Waals surface area contributed by atoms with E-state index >= 15 is 0 Å². The molecule has 0 N–H and O–H groups in total. The number of anilines is 1. The van der Waals surface area contributed by atoms with Crippen molar-refractivity contribution in [2.75, 3.05) is 35.2 Å². The molecule has 0 radical (unpaired) electrons. The molecule has 1 aromatic carbocycles. The van der Waals surface area contributed by atoms with Gasteiger partial charge in [-0.25, -0.2) is 14.8 Å². The van der Waals surface area contributed by atoms with E-state index in [-0.39, 0.29) is 41.8 Å². The number of hydrogen-bond acceptors (Lipinski definition) is 8. The fraction of sp³-hybridized carbons (Fsp3) is 0.433. The standard InChI is InChI=1S/C30H33F3N6O3S2/c1-4-25(40)39-18(2)14-37(15-19(39)3)27-23-12-20(30(31,32)33)13-24-26(23)38(29(41)36-27)16-21(42-28-34-8-5-9-35-28)17-44(24)22-6-10-43-11-7-22/h4-6,8-9,12-13,18-19,21,44H,1,7,10-11,14-17H2,2-3H3/t18-,19+,21-/m0/s1. The van der Waals surface area contributed by atoms with Crippen LogP contribution in [0.2, 0.25) is 0 Å². The van der Waals surface area contributed by atoms with Gasteiger partial charge in [0.25, 0.3) is 0 Å². The Labute approximate surface area is 259 Å². The fourth-order valence-corrected chi connectivity index (χ4v) is 10.3. The van der Waals surface area contributed by atoms with Crippen LogP contribution in [-0.2, 0) is 17.5 Å². The zero-order valence-electron chi connectivity index (χ0n) is 24.3. The average Bonchev–Trinajstić information content (AvgIpc) is 3.16. The number of amides is 1. The highest BCUT2D eigenvalue weighted by Crippen LogP contribution is 2.53. The van der Waals surface area contributed by atoms with E-state index in [4.69, 9.17) is 4.74 Å². The third-order valence-electron chi connectivity index (χ3n) is 8.17. The van der Waals surface area contributed by atoms with Gasteiger partial charge in [0.1, 0.15) is 11.9 Å². The lowest BCUT2D eigenvalue weighted by molar-refractivity contribution is -0.137. The summed E-state index contributed by atoms with van der Waals surface area (Å²) < 4.78 is 51.3. The number of ether oxygens (including phenoxy) is 1. The number of halogens is 3. The number of alkyl halides is 3. The van der Waals surface area contributed by atoms with Crippen molar-refractivity contribution in [3.8, 4) is 6.01 Å². The average molecular weight is 647 g/mol. The third-order valence-corrected chi connectivity index (χ3v) is 11.9. The summed E-state index contributed by atoms with van der Waals surface area (Å²) in [6.45, 7) is 8.03. The summed E-state index contributed by atoms with van der Waals surface area (Å²) in [7, 11) is -1.30. The minimum atomic E-state index is -4.61. The first kappa shape index (κ1) is 30.5. The number of rotatable bonds is 5. The topological polar surface area (TPSA) is 93.5 Å². The molecule has 3 aromatic rings. The Bertz CT molecular complexity index is 1670. The lowest BCUT2D eigenvalue weighted by Gasteiger charge is -2.44. The first-order valence-electron chi connectivity index (χ1n) is 14.4. The molecule has 9 nitrogen and oxygen atoms in total. The zero-order chi connectivity index (χ0) is 31.2. The molecule has 0 spiro atoms. The van der Waals surface area contributed by atoms with Crippen molar-refractivity contribution < 1.29 is 22.7 Å². The van der Waals surface area contributed by atoms with Gasteiger partial charge in [0, 0.05) is 59.4 Å². The second-order valence-electron chi connectivity index (χ2n) is 11.2. The largest absolute Gasteiger partial charge is 0.457 e. The number of hydrogen-bond donors (Lipinski definition) is 1. The lowest BCUT2D eigenvalue weighted by atomic mass is 10.1. The summed E-state index contributed by atoms with van der Waals surface area (Å²) in [6.07, 6.45) is 2.06. The van der Waals surface area contributed by atoms with E-state index in [1.165, 1.54) is 16.7 Å². The van der Waals surface area contributed by atoms with Gasteiger partial charge in [-0.05, 0) is 55.2 Å². The van der Waals surface area contributed by atoms with Crippen molar-refractivity contribution in [2.45, 2.75) is 56.1 Å². The summed E-state index contributed by atoms with van der Waals surface area (Å²) >= 11 is 1.78.